The molecule has 3 rings (SSSR count). The van der Waals surface area contributed by atoms with Gasteiger partial charge in [-0.1, -0.05) is 35.9 Å². The molecule has 1 heterocycles. The van der Waals surface area contributed by atoms with Crippen molar-refractivity contribution in [3.63, 3.8) is 0 Å². The van der Waals surface area contributed by atoms with Crippen LogP contribution in [0.5, 0.6) is 5.75 Å². The van der Waals surface area contributed by atoms with Crippen LogP contribution in [0.2, 0.25) is 0 Å². The van der Waals surface area contributed by atoms with Crippen LogP contribution < -0.4 is 4.74 Å². The highest BCUT2D eigenvalue weighted by Gasteiger charge is 2.30. The lowest BCUT2D eigenvalue weighted by atomic mass is 9.89. The zero-order valence-corrected chi connectivity index (χ0v) is 15.7. The fourth-order valence-corrected chi connectivity index (χ4v) is 3.94. The number of rotatable bonds is 5. The highest BCUT2D eigenvalue weighted by molar-refractivity contribution is 5.70. The SMILES string of the molecule is COc1cccc(C(c2ccc(C)cc2C)N2CCC(C(=O)O)CC2)c1. The first kappa shape index (κ1) is 18.5. The molecule has 0 saturated carbocycles. The molecule has 1 aliphatic heterocycles. The molecule has 1 fully saturated rings. The molecule has 4 nitrogen and oxygen atoms in total. The standard InChI is InChI=1S/C22H27NO3/c1-15-7-8-20(16(2)13-15)21(18-5-4-6-19(14-18)26-3)23-11-9-17(10-12-23)22(24)25/h4-8,13-14,17,21H,9-12H2,1-3H3,(H,24,25). The fraction of sp³-hybridized carbons (Fsp3) is 0.409. The average molecular weight is 353 g/mol. The fourth-order valence-electron chi connectivity index (χ4n) is 3.94. The van der Waals surface area contributed by atoms with Crippen LogP contribution in [0.3, 0.4) is 0 Å². The summed E-state index contributed by atoms with van der Waals surface area (Å²) < 4.78 is 5.43. The number of hydrogen-bond donors (Lipinski definition) is 1. The first-order valence-electron chi connectivity index (χ1n) is 9.17. The molecular weight excluding hydrogens is 326 g/mol. The molecule has 26 heavy (non-hydrogen) atoms. The van der Waals surface area contributed by atoms with E-state index < -0.39 is 5.97 Å². The lowest BCUT2D eigenvalue weighted by Crippen LogP contribution is -2.39. The molecule has 0 aromatic heterocycles. The smallest absolute Gasteiger partial charge is 0.306 e. The molecule has 1 atom stereocenters. The summed E-state index contributed by atoms with van der Waals surface area (Å²) in [6.45, 7) is 5.83. The number of carbonyl (C=O) groups is 1. The van der Waals surface area contributed by atoms with Crippen molar-refractivity contribution in [3.05, 3.63) is 64.7 Å². The minimum absolute atomic E-state index is 0.112. The summed E-state index contributed by atoms with van der Waals surface area (Å²) in [5.74, 6) is -0.0527. The van der Waals surface area contributed by atoms with Crippen LogP contribution in [0, 0.1) is 19.8 Å². The zero-order chi connectivity index (χ0) is 18.7. The Labute approximate surface area is 155 Å². The number of aliphatic carboxylic acids is 1. The number of benzene rings is 2. The molecule has 0 aliphatic carbocycles. The van der Waals surface area contributed by atoms with Gasteiger partial charge in [0.2, 0.25) is 0 Å². The second-order valence-corrected chi connectivity index (χ2v) is 7.19. The predicted octanol–water partition coefficient (Wildman–Crippen LogP) is 4.20. The third kappa shape index (κ3) is 3.91. The van der Waals surface area contributed by atoms with Crippen molar-refractivity contribution >= 4 is 5.97 Å². The molecular formula is C22H27NO3. The van der Waals surface area contributed by atoms with Crippen molar-refractivity contribution < 1.29 is 14.6 Å². The summed E-state index contributed by atoms with van der Waals surface area (Å²) in [4.78, 5) is 13.7. The van der Waals surface area contributed by atoms with Crippen molar-refractivity contribution in [1.82, 2.24) is 4.90 Å². The molecule has 4 heteroatoms. The van der Waals surface area contributed by atoms with Crippen molar-refractivity contribution in [1.29, 1.82) is 0 Å². The Morgan fingerprint density at radius 1 is 1.15 bits per heavy atom. The van der Waals surface area contributed by atoms with Gasteiger partial charge >= 0.3 is 5.97 Å². The largest absolute Gasteiger partial charge is 0.497 e. The first-order chi connectivity index (χ1) is 12.5. The number of nitrogens with zero attached hydrogens (tertiary/aromatic N) is 1. The third-order valence-corrected chi connectivity index (χ3v) is 5.37. The van der Waals surface area contributed by atoms with Crippen LogP contribution in [0.1, 0.15) is 41.1 Å². The number of aryl methyl sites for hydroxylation is 2. The summed E-state index contributed by atoms with van der Waals surface area (Å²) in [7, 11) is 1.68. The summed E-state index contributed by atoms with van der Waals surface area (Å²) in [6, 6.07) is 14.9. The van der Waals surface area contributed by atoms with E-state index in [0.717, 1.165) is 18.8 Å². The first-order valence-corrected chi connectivity index (χ1v) is 9.17. The van der Waals surface area contributed by atoms with Crippen molar-refractivity contribution in [3.8, 4) is 5.75 Å². The van der Waals surface area contributed by atoms with Crippen LogP contribution >= 0.6 is 0 Å². The average Bonchev–Trinajstić information content (AvgIpc) is 2.64. The minimum atomic E-state index is -0.672. The lowest BCUT2D eigenvalue weighted by Gasteiger charge is -2.38. The number of methoxy groups -OCH3 is 1. The Balaban J connectivity index is 1.98. The molecule has 0 radical (unpaired) electrons. The maximum atomic E-state index is 11.3. The number of ether oxygens (including phenoxy) is 1. The van der Waals surface area contributed by atoms with E-state index in [1.807, 2.05) is 12.1 Å². The van der Waals surface area contributed by atoms with Crippen LogP contribution in [0.4, 0.5) is 0 Å². The molecule has 0 bridgehead atoms. The predicted molar refractivity (Wildman–Crippen MR) is 103 cm³/mol. The summed E-state index contributed by atoms with van der Waals surface area (Å²) in [5.41, 5.74) is 4.97. The maximum Gasteiger partial charge on any atom is 0.306 e. The van der Waals surface area contributed by atoms with E-state index in [0.29, 0.717) is 12.8 Å². The second-order valence-electron chi connectivity index (χ2n) is 7.19. The van der Waals surface area contributed by atoms with Crippen LogP contribution in [0.25, 0.3) is 0 Å². The molecule has 1 unspecified atom stereocenters. The van der Waals surface area contributed by atoms with Gasteiger partial charge in [-0.25, -0.2) is 0 Å². The Kier molecular flexibility index (Phi) is 5.62. The normalized spacial score (nSPS) is 17.0. The van der Waals surface area contributed by atoms with E-state index in [2.05, 4.69) is 49.1 Å². The van der Waals surface area contributed by atoms with Gasteiger partial charge in [0.25, 0.3) is 0 Å². The molecule has 1 N–H and O–H groups in total. The Bertz CT molecular complexity index is 779. The van der Waals surface area contributed by atoms with Gasteiger partial charge in [-0.05, 0) is 68.6 Å². The number of carboxylic acids is 1. The van der Waals surface area contributed by atoms with Gasteiger partial charge in [0, 0.05) is 0 Å². The molecule has 1 saturated heterocycles. The van der Waals surface area contributed by atoms with Gasteiger partial charge in [-0.3, -0.25) is 9.69 Å². The van der Waals surface area contributed by atoms with Gasteiger partial charge in [-0.15, -0.1) is 0 Å². The van der Waals surface area contributed by atoms with Crippen molar-refractivity contribution in [2.45, 2.75) is 32.7 Å². The summed E-state index contributed by atoms with van der Waals surface area (Å²) in [6.07, 6.45) is 1.39. The van der Waals surface area contributed by atoms with Crippen LogP contribution in [-0.2, 0) is 4.79 Å². The second kappa shape index (κ2) is 7.92. The number of likely N-dealkylation sites (tertiary alicyclic amines) is 1. The monoisotopic (exact) mass is 353 g/mol. The van der Waals surface area contributed by atoms with E-state index in [9.17, 15) is 9.90 Å². The Morgan fingerprint density at radius 3 is 2.50 bits per heavy atom. The van der Waals surface area contributed by atoms with Crippen LogP contribution in [0.15, 0.2) is 42.5 Å². The van der Waals surface area contributed by atoms with Crippen LogP contribution in [-0.4, -0.2) is 36.2 Å². The Morgan fingerprint density at radius 2 is 1.88 bits per heavy atom. The molecule has 2 aromatic rings. The molecule has 1 aliphatic rings. The molecule has 2 aromatic carbocycles. The number of piperidine rings is 1. The molecule has 138 valence electrons. The van der Waals surface area contributed by atoms with Gasteiger partial charge < -0.3 is 9.84 Å². The van der Waals surface area contributed by atoms with Crippen molar-refractivity contribution in [2.24, 2.45) is 5.92 Å². The summed E-state index contributed by atoms with van der Waals surface area (Å²) in [5, 5.41) is 9.31. The van der Waals surface area contributed by atoms with Crippen molar-refractivity contribution in [2.75, 3.05) is 20.2 Å². The van der Waals surface area contributed by atoms with E-state index in [4.69, 9.17) is 4.74 Å². The summed E-state index contributed by atoms with van der Waals surface area (Å²) >= 11 is 0. The number of carboxylic acid groups (broad SMARTS) is 1. The molecule has 0 amide bonds. The lowest BCUT2D eigenvalue weighted by molar-refractivity contribution is -0.143. The highest BCUT2D eigenvalue weighted by atomic mass is 16.5. The topological polar surface area (TPSA) is 49.8 Å². The zero-order valence-electron chi connectivity index (χ0n) is 15.7. The quantitative estimate of drug-likeness (QED) is 0.875. The molecule has 0 spiro atoms. The van der Waals surface area contributed by atoms with Gasteiger partial charge in [0.05, 0.1) is 19.1 Å². The van der Waals surface area contributed by atoms with E-state index >= 15 is 0 Å². The van der Waals surface area contributed by atoms with E-state index in [1.54, 1.807) is 7.11 Å². The number of hydrogen-bond acceptors (Lipinski definition) is 3. The Hall–Kier alpha value is -2.33. The minimum Gasteiger partial charge on any atom is -0.497 e. The van der Waals surface area contributed by atoms with Gasteiger partial charge in [0.1, 0.15) is 5.75 Å². The van der Waals surface area contributed by atoms with Gasteiger partial charge in [0.15, 0.2) is 0 Å². The van der Waals surface area contributed by atoms with Gasteiger partial charge in [-0.2, -0.15) is 0 Å². The third-order valence-electron chi connectivity index (χ3n) is 5.37. The van der Waals surface area contributed by atoms with E-state index in [-0.39, 0.29) is 12.0 Å². The highest BCUT2D eigenvalue weighted by Crippen LogP contribution is 2.35. The van der Waals surface area contributed by atoms with E-state index in [1.165, 1.54) is 22.3 Å². The maximum absolute atomic E-state index is 11.3.